The maximum Gasteiger partial charge on any atom is 0.416 e. The number of rotatable bonds is 4. The van der Waals surface area contributed by atoms with Gasteiger partial charge < -0.3 is 10.3 Å². The van der Waals surface area contributed by atoms with Crippen molar-refractivity contribution in [2.24, 2.45) is 5.92 Å². The number of hydrogen-bond donors (Lipinski definition) is 3. The summed E-state index contributed by atoms with van der Waals surface area (Å²) in [6.07, 6.45) is -3.80. The number of nitrogens with zero attached hydrogens (tertiary/aromatic N) is 1. The average Bonchev–Trinajstić information content (AvgIpc) is 2.66. The molecule has 9 nitrogen and oxygen atoms in total. The number of nitrogens with one attached hydrogen (secondary N) is 3. The summed E-state index contributed by atoms with van der Waals surface area (Å²) in [4.78, 5) is 39.5. The molecule has 13 heteroatoms. The maximum absolute atomic E-state index is 12.9. The average molecular weight is 460 g/mol. The molecule has 0 radical (unpaired) electrons. The molecule has 31 heavy (non-hydrogen) atoms. The van der Waals surface area contributed by atoms with Crippen LogP contribution in [-0.2, 0) is 21.0 Å². The van der Waals surface area contributed by atoms with Gasteiger partial charge in [0.15, 0.2) is 4.90 Å². The summed E-state index contributed by atoms with van der Waals surface area (Å²) in [6.45, 7) is 1.14. The molecule has 0 spiro atoms. The molecule has 2 heterocycles. The number of benzene rings is 1. The van der Waals surface area contributed by atoms with Crippen molar-refractivity contribution in [1.29, 1.82) is 0 Å². The van der Waals surface area contributed by atoms with Gasteiger partial charge in [-0.3, -0.25) is 14.6 Å². The van der Waals surface area contributed by atoms with Crippen LogP contribution in [0.15, 0.2) is 38.8 Å². The van der Waals surface area contributed by atoms with Gasteiger partial charge in [0.2, 0.25) is 15.9 Å². The highest BCUT2D eigenvalue weighted by Gasteiger charge is 2.36. The highest BCUT2D eigenvalue weighted by Crippen LogP contribution is 2.30. The third kappa shape index (κ3) is 4.88. The molecule has 3 N–H and O–H groups in total. The van der Waals surface area contributed by atoms with E-state index in [2.05, 4.69) is 10.3 Å². The molecule has 1 atom stereocenters. The van der Waals surface area contributed by atoms with Gasteiger partial charge in [0.1, 0.15) is 0 Å². The zero-order valence-corrected chi connectivity index (χ0v) is 17.1. The van der Waals surface area contributed by atoms with E-state index < -0.39 is 49.7 Å². The summed E-state index contributed by atoms with van der Waals surface area (Å²) in [5.74, 6) is -1.32. The Kier molecular flexibility index (Phi) is 6.09. The quantitative estimate of drug-likeness (QED) is 0.635. The van der Waals surface area contributed by atoms with Gasteiger partial charge in [0.25, 0.3) is 5.56 Å². The minimum atomic E-state index is -4.50. The topological polar surface area (TPSA) is 132 Å². The van der Waals surface area contributed by atoms with Gasteiger partial charge in [0, 0.05) is 24.5 Å². The van der Waals surface area contributed by atoms with E-state index in [0.717, 1.165) is 28.6 Å². The maximum atomic E-state index is 12.9. The normalized spacial score (nSPS) is 18.0. The molecule has 1 aromatic heterocycles. The summed E-state index contributed by atoms with van der Waals surface area (Å²) in [5, 5.41) is 2.49. The van der Waals surface area contributed by atoms with Crippen LogP contribution in [0.1, 0.15) is 24.1 Å². The first-order chi connectivity index (χ1) is 14.4. The number of anilines is 1. The number of halogens is 3. The highest BCUT2D eigenvalue weighted by molar-refractivity contribution is 7.89. The molecule has 1 aliphatic rings. The number of sulfonamides is 1. The molecule has 1 aromatic carbocycles. The van der Waals surface area contributed by atoms with Gasteiger partial charge in [-0.1, -0.05) is 0 Å². The number of aryl methyl sites for hydroxylation is 1. The zero-order valence-electron chi connectivity index (χ0n) is 16.2. The van der Waals surface area contributed by atoms with Crippen LogP contribution in [0.3, 0.4) is 0 Å². The van der Waals surface area contributed by atoms with Crippen molar-refractivity contribution in [2.45, 2.75) is 30.8 Å². The van der Waals surface area contributed by atoms with Crippen LogP contribution in [-0.4, -0.2) is 41.7 Å². The van der Waals surface area contributed by atoms with Crippen molar-refractivity contribution in [3.05, 3.63) is 56.4 Å². The van der Waals surface area contributed by atoms with Crippen LogP contribution >= 0.6 is 0 Å². The van der Waals surface area contributed by atoms with Gasteiger partial charge in [-0.25, -0.2) is 13.2 Å². The fourth-order valence-electron chi connectivity index (χ4n) is 3.39. The van der Waals surface area contributed by atoms with Crippen molar-refractivity contribution in [3.8, 4) is 0 Å². The number of hydrogen-bond acceptors (Lipinski definition) is 5. The molecule has 1 fully saturated rings. The van der Waals surface area contributed by atoms with Crippen molar-refractivity contribution in [1.82, 2.24) is 14.3 Å². The van der Waals surface area contributed by atoms with Crippen molar-refractivity contribution in [2.75, 3.05) is 18.4 Å². The third-order valence-corrected chi connectivity index (χ3v) is 6.93. The standard InChI is InChI=1S/C18H19F3N4O5S/c1-10-14(16(27)24-17(28)22-10)31(29,30)25-8-2-3-11(9-25)15(26)23-13-6-4-12(5-7-13)18(19,20)21/h4-7,11H,2-3,8-9H2,1H3,(H,23,26)(H2,22,24,27,28)/t11-/m1/s1. The van der Waals surface area contributed by atoms with Crippen LogP contribution in [0.5, 0.6) is 0 Å². The molecule has 1 saturated heterocycles. The van der Waals surface area contributed by atoms with Gasteiger partial charge >= 0.3 is 11.9 Å². The Morgan fingerprint density at radius 1 is 1.16 bits per heavy atom. The zero-order chi connectivity index (χ0) is 23.0. The lowest BCUT2D eigenvalue weighted by molar-refractivity contribution is -0.137. The monoisotopic (exact) mass is 460 g/mol. The van der Waals surface area contributed by atoms with Gasteiger partial charge in [-0.15, -0.1) is 0 Å². The summed E-state index contributed by atoms with van der Waals surface area (Å²) in [7, 11) is -4.29. The number of H-pyrrole nitrogens is 2. The second-order valence-corrected chi connectivity index (χ2v) is 9.00. The van der Waals surface area contributed by atoms with Crippen LogP contribution < -0.4 is 16.6 Å². The second kappa shape index (κ2) is 8.30. The van der Waals surface area contributed by atoms with Gasteiger partial charge in [-0.2, -0.15) is 17.5 Å². The number of piperidine rings is 1. The highest BCUT2D eigenvalue weighted by atomic mass is 32.2. The smallest absolute Gasteiger partial charge is 0.326 e. The number of aromatic nitrogens is 2. The van der Waals surface area contributed by atoms with E-state index in [4.69, 9.17) is 0 Å². The number of alkyl halides is 3. The van der Waals surface area contributed by atoms with E-state index >= 15 is 0 Å². The molecule has 0 bridgehead atoms. The summed E-state index contributed by atoms with van der Waals surface area (Å²) in [5.41, 5.74) is -2.73. The largest absolute Gasteiger partial charge is 0.416 e. The molecular weight excluding hydrogens is 441 g/mol. The molecular formula is C18H19F3N4O5S. The fraction of sp³-hybridized carbons (Fsp3) is 0.389. The Hall–Kier alpha value is -2.93. The predicted octanol–water partition coefficient (Wildman–Crippen LogP) is 1.43. The van der Waals surface area contributed by atoms with Gasteiger partial charge in [0.05, 0.1) is 11.5 Å². The van der Waals surface area contributed by atoms with Crippen LogP contribution in [0.2, 0.25) is 0 Å². The molecule has 1 aliphatic heterocycles. The molecule has 3 rings (SSSR count). The number of amides is 1. The van der Waals surface area contributed by atoms with Crippen molar-refractivity contribution in [3.63, 3.8) is 0 Å². The predicted molar refractivity (Wildman–Crippen MR) is 104 cm³/mol. The minimum Gasteiger partial charge on any atom is -0.326 e. The molecule has 0 unspecified atom stereocenters. The summed E-state index contributed by atoms with van der Waals surface area (Å²) < 4.78 is 64.8. The van der Waals surface area contributed by atoms with E-state index in [1.807, 2.05) is 4.98 Å². The van der Waals surface area contributed by atoms with E-state index in [9.17, 15) is 36.0 Å². The lowest BCUT2D eigenvalue weighted by Crippen LogP contribution is -2.45. The Bertz CT molecular complexity index is 1200. The lowest BCUT2D eigenvalue weighted by atomic mass is 9.98. The van der Waals surface area contributed by atoms with E-state index in [1.165, 1.54) is 6.92 Å². The first kappa shape index (κ1) is 22.7. The first-order valence-corrected chi connectivity index (χ1v) is 10.6. The Morgan fingerprint density at radius 3 is 2.39 bits per heavy atom. The van der Waals surface area contributed by atoms with Crippen molar-refractivity contribution >= 4 is 21.6 Å². The molecule has 2 aromatic rings. The van der Waals surface area contributed by atoms with E-state index in [1.54, 1.807) is 0 Å². The van der Waals surface area contributed by atoms with E-state index in [0.29, 0.717) is 12.8 Å². The molecule has 1 amide bonds. The number of aromatic amines is 2. The second-order valence-electron chi connectivity index (χ2n) is 7.13. The van der Waals surface area contributed by atoms with Crippen molar-refractivity contribution < 1.29 is 26.4 Å². The lowest BCUT2D eigenvalue weighted by Gasteiger charge is -2.31. The van der Waals surface area contributed by atoms with Crippen LogP contribution in [0.25, 0.3) is 0 Å². The minimum absolute atomic E-state index is 0.0738. The summed E-state index contributed by atoms with van der Waals surface area (Å²) in [6, 6.07) is 3.89. The van der Waals surface area contributed by atoms with E-state index in [-0.39, 0.29) is 24.5 Å². The third-order valence-electron chi connectivity index (χ3n) is 4.91. The molecule has 0 saturated carbocycles. The SMILES string of the molecule is Cc1[nH]c(=O)[nH]c(=O)c1S(=O)(=O)N1CCC[C@@H](C(=O)Nc2ccc(C(F)(F)F)cc2)C1. The Labute approximate surface area is 174 Å². The van der Waals surface area contributed by atoms with Crippen LogP contribution in [0.4, 0.5) is 18.9 Å². The molecule has 0 aliphatic carbocycles. The van der Waals surface area contributed by atoms with Gasteiger partial charge in [-0.05, 0) is 44.0 Å². The number of carbonyl (C=O) groups is 1. The van der Waals surface area contributed by atoms with Crippen LogP contribution in [0, 0.1) is 12.8 Å². The molecule has 168 valence electrons. The first-order valence-electron chi connectivity index (χ1n) is 9.21. The Balaban J connectivity index is 1.76. The fourth-order valence-corrected chi connectivity index (χ4v) is 5.12. The Morgan fingerprint density at radius 2 is 1.81 bits per heavy atom. The number of carbonyl (C=O) groups excluding carboxylic acids is 1. The summed E-state index contributed by atoms with van der Waals surface area (Å²) >= 11 is 0.